The molecular weight excluding hydrogens is 302 g/mol. The molecule has 0 aliphatic carbocycles. The molecule has 0 spiro atoms. The lowest BCUT2D eigenvalue weighted by atomic mass is 10.1. The molecule has 1 aliphatic rings. The second kappa shape index (κ2) is 5.85. The monoisotopic (exact) mass is 323 g/mol. The number of aryl methyl sites for hydroxylation is 1. The van der Waals surface area contributed by atoms with Crippen molar-refractivity contribution in [3.05, 3.63) is 52.4 Å². The Balaban J connectivity index is 1.95. The third-order valence-corrected chi connectivity index (χ3v) is 5.56. The molecule has 1 N–H and O–H groups in total. The van der Waals surface area contributed by atoms with Gasteiger partial charge in [-0.2, -0.15) is 5.10 Å². The van der Waals surface area contributed by atoms with Crippen LogP contribution in [0.1, 0.15) is 29.5 Å². The van der Waals surface area contributed by atoms with Gasteiger partial charge < -0.3 is 5.32 Å². The maximum Gasteiger partial charge on any atom is 0.133 e. The van der Waals surface area contributed by atoms with Crippen molar-refractivity contribution < 1.29 is 0 Å². The summed E-state index contributed by atoms with van der Waals surface area (Å²) < 4.78 is 2.12. The van der Waals surface area contributed by atoms with Crippen molar-refractivity contribution in [3.63, 3.8) is 0 Å². The van der Waals surface area contributed by atoms with Gasteiger partial charge in [0.2, 0.25) is 0 Å². The lowest BCUT2D eigenvalue weighted by Gasteiger charge is -2.13. The Hall–Kier alpha value is -2.07. The number of hydrogen-bond acceptors (Lipinski definition) is 3. The molecule has 0 fully saturated rings. The maximum absolute atomic E-state index is 5.01. The van der Waals surface area contributed by atoms with Crippen molar-refractivity contribution in [1.82, 2.24) is 9.78 Å². The van der Waals surface area contributed by atoms with Gasteiger partial charge in [-0.15, -0.1) is 11.3 Å². The second-order valence-electron chi connectivity index (χ2n) is 6.17. The highest BCUT2D eigenvalue weighted by atomic mass is 32.1. The summed E-state index contributed by atoms with van der Waals surface area (Å²) in [6, 6.07) is 10.7. The molecule has 4 heteroatoms. The van der Waals surface area contributed by atoms with Gasteiger partial charge in [0.15, 0.2) is 0 Å². The number of nitrogens with one attached hydrogen (secondary N) is 1. The molecule has 0 amide bonds. The number of aromatic nitrogens is 2. The fraction of sp³-hybridized carbons (Fsp3) is 0.316. The van der Waals surface area contributed by atoms with Crippen molar-refractivity contribution in [1.29, 1.82) is 0 Å². The first-order valence-electron chi connectivity index (χ1n) is 8.22. The minimum atomic E-state index is 1.02. The molecule has 1 aromatic carbocycles. The van der Waals surface area contributed by atoms with Crippen LogP contribution in [0.25, 0.3) is 16.3 Å². The molecule has 3 heterocycles. The summed E-state index contributed by atoms with van der Waals surface area (Å²) in [5, 5.41) is 10.8. The normalized spacial score (nSPS) is 14.2. The second-order valence-corrected chi connectivity index (χ2v) is 7.12. The van der Waals surface area contributed by atoms with E-state index in [9.17, 15) is 0 Å². The van der Waals surface area contributed by atoms with Gasteiger partial charge in [0, 0.05) is 12.1 Å². The van der Waals surface area contributed by atoms with Crippen LogP contribution < -0.4 is 5.32 Å². The Labute approximate surface area is 141 Å². The average molecular weight is 323 g/mol. The van der Waals surface area contributed by atoms with Gasteiger partial charge in [-0.1, -0.05) is 18.2 Å². The zero-order chi connectivity index (χ0) is 15.8. The van der Waals surface area contributed by atoms with E-state index in [-0.39, 0.29) is 0 Å². The zero-order valence-corrected chi connectivity index (χ0v) is 14.4. The quantitative estimate of drug-likeness (QED) is 0.722. The summed E-state index contributed by atoms with van der Waals surface area (Å²) in [6.45, 7) is 5.36. The van der Waals surface area contributed by atoms with Crippen molar-refractivity contribution in [2.45, 2.75) is 33.1 Å². The van der Waals surface area contributed by atoms with Gasteiger partial charge >= 0.3 is 0 Å². The summed E-state index contributed by atoms with van der Waals surface area (Å²) >= 11 is 1.77. The third kappa shape index (κ3) is 2.47. The van der Waals surface area contributed by atoms with Crippen LogP contribution in [0.4, 0.5) is 5.82 Å². The van der Waals surface area contributed by atoms with Gasteiger partial charge in [0.25, 0.3) is 0 Å². The van der Waals surface area contributed by atoms with E-state index in [4.69, 9.17) is 5.10 Å². The third-order valence-electron chi connectivity index (χ3n) is 4.69. The number of hydrogen-bond donors (Lipinski definition) is 1. The first-order valence-corrected chi connectivity index (χ1v) is 9.10. The minimum Gasteiger partial charge on any atom is -0.370 e. The van der Waals surface area contributed by atoms with E-state index in [2.05, 4.69) is 59.6 Å². The number of anilines is 1. The molecular formula is C19H21N3S. The highest BCUT2D eigenvalue weighted by Gasteiger charge is 2.22. The zero-order valence-electron chi connectivity index (χ0n) is 13.6. The lowest BCUT2D eigenvalue weighted by Crippen LogP contribution is -2.08. The van der Waals surface area contributed by atoms with Crippen LogP contribution in [0.3, 0.4) is 0 Å². The smallest absolute Gasteiger partial charge is 0.133 e. The van der Waals surface area contributed by atoms with E-state index in [0.29, 0.717) is 0 Å². The highest BCUT2D eigenvalue weighted by Crippen LogP contribution is 2.36. The predicted octanol–water partition coefficient (Wildman–Crippen LogP) is 4.97. The van der Waals surface area contributed by atoms with Gasteiger partial charge in [0.05, 0.1) is 10.6 Å². The Kier molecular flexibility index (Phi) is 3.69. The molecule has 2 aromatic heterocycles. The topological polar surface area (TPSA) is 29.9 Å². The Morgan fingerprint density at radius 3 is 2.87 bits per heavy atom. The van der Waals surface area contributed by atoms with E-state index in [1.807, 2.05) is 0 Å². The molecule has 1 aliphatic heterocycles. The van der Waals surface area contributed by atoms with Gasteiger partial charge in [0.1, 0.15) is 11.5 Å². The van der Waals surface area contributed by atoms with Crippen LogP contribution in [0, 0.1) is 13.8 Å². The Morgan fingerprint density at radius 2 is 2.04 bits per heavy atom. The summed E-state index contributed by atoms with van der Waals surface area (Å²) in [6.07, 6.45) is 3.53. The first-order chi connectivity index (χ1) is 11.3. The molecule has 0 unspecified atom stereocenters. The largest absolute Gasteiger partial charge is 0.370 e. The van der Waals surface area contributed by atoms with Crippen LogP contribution in [0.15, 0.2) is 35.7 Å². The van der Waals surface area contributed by atoms with Crippen LogP contribution in [0.2, 0.25) is 0 Å². The van der Waals surface area contributed by atoms with E-state index >= 15 is 0 Å². The van der Waals surface area contributed by atoms with E-state index in [1.165, 1.54) is 45.9 Å². The van der Waals surface area contributed by atoms with Crippen molar-refractivity contribution in [3.8, 4) is 16.3 Å². The molecule has 3 aromatic rings. The maximum atomic E-state index is 5.01. The summed E-state index contributed by atoms with van der Waals surface area (Å²) in [4.78, 5) is 1.26. The number of benzene rings is 1. The minimum absolute atomic E-state index is 1.02. The highest BCUT2D eigenvalue weighted by molar-refractivity contribution is 7.13. The molecule has 4 rings (SSSR count). The van der Waals surface area contributed by atoms with Crippen molar-refractivity contribution in [2.24, 2.45) is 0 Å². The Bertz CT molecular complexity index is 831. The van der Waals surface area contributed by atoms with E-state index < -0.39 is 0 Å². The predicted molar refractivity (Wildman–Crippen MR) is 97.8 cm³/mol. The van der Waals surface area contributed by atoms with Crippen molar-refractivity contribution in [2.75, 3.05) is 11.9 Å². The molecule has 0 saturated heterocycles. The molecule has 23 heavy (non-hydrogen) atoms. The fourth-order valence-electron chi connectivity index (χ4n) is 3.25. The molecule has 0 bridgehead atoms. The standard InChI is InChI=1S/C19H21N3S/c1-13-7-5-9-16(14(13)2)22-19-15(8-3-4-11-20-19)18(21-22)17-10-6-12-23-17/h5-7,9-10,12,20H,3-4,8,11H2,1-2H3. The SMILES string of the molecule is Cc1cccc(-n2nc(-c3cccs3)c3c2NCCCC3)c1C. The van der Waals surface area contributed by atoms with E-state index in [1.54, 1.807) is 11.3 Å². The fourth-order valence-corrected chi connectivity index (χ4v) is 3.99. The number of thiophene rings is 1. The van der Waals surface area contributed by atoms with E-state index in [0.717, 1.165) is 18.7 Å². The summed E-state index contributed by atoms with van der Waals surface area (Å²) in [5.74, 6) is 1.18. The van der Waals surface area contributed by atoms with Crippen LogP contribution in [-0.2, 0) is 6.42 Å². The molecule has 3 nitrogen and oxygen atoms in total. The number of rotatable bonds is 2. The lowest BCUT2D eigenvalue weighted by molar-refractivity contribution is 0.780. The van der Waals surface area contributed by atoms with Gasteiger partial charge in [-0.25, -0.2) is 4.68 Å². The summed E-state index contributed by atoms with van der Waals surface area (Å²) in [5.41, 5.74) is 6.29. The Morgan fingerprint density at radius 1 is 1.13 bits per heavy atom. The average Bonchev–Trinajstić information content (AvgIpc) is 3.12. The van der Waals surface area contributed by atoms with Crippen LogP contribution >= 0.6 is 11.3 Å². The molecule has 0 saturated carbocycles. The number of fused-ring (bicyclic) bond motifs is 1. The van der Waals surface area contributed by atoms with Crippen LogP contribution in [0.5, 0.6) is 0 Å². The van der Waals surface area contributed by atoms with Crippen LogP contribution in [-0.4, -0.2) is 16.3 Å². The molecule has 118 valence electrons. The van der Waals surface area contributed by atoms with Crippen molar-refractivity contribution >= 4 is 17.2 Å². The number of nitrogens with zero attached hydrogens (tertiary/aromatic N) is 2. The molecule has 0 radical (unpaired) electrons. The molecule has 0 atom stereocenters. The first kappa shape index (κ1) is 14.5. The van der Waals surface area contributed by atoms with Gasteiger partial charge in [-0.05, 0) is 61.7 Å². The summed E-state index contributed by atoms with van der Waals surface area (Å²) in [7, 11) is 0. The van der Waals surface area contributed by atoms with Gasteiger partial charge in [-0.3, -0.25) is 0 Å².